The second kappa shape index (κ2) is 6.65. The lowest BCUT2D eigenvalue weighted by Crippen LogP contribution is -2.51. The van der Waals surface area contributed by atoms with Gasteiger partial charge in [-0.25, -0.2) is 4.79 Å². The number of nitrogens with one attached hydrogen (secondary N) is 1. The van der Waals surface area contributed by atoms with Crippen LogP contribution in [-0.2, 0) is 16.1 Å². The van der Waals surface area contributed by atoms with Crippen LogP contribution in [-0.4, -0.2) is 57.4 Å². The summed E-state index contributed by atoms with van der Waals surface area (Å²) in [5.74, 6) is 0.258. The van der Waals surface area contributed by atoms with E-state index in [0.717, 1.165) is 23.9 Å². The molecule has 1 saturated carbocycles. The Labute approximate surface area is 145 Å². The number of aliphatic hydroxyl groups excluding tert-OH is 1. The van der Waals surface area contributed by atoms with Gasteiger partial charge >= 0.3 is 5.69 Å². The van der Waals surface area contributed by atoms with Crippen molar-refractivity contribution in [3.8, 4) is 0 Å². The number of morpholine rings is 1. The van der Waals surface area contributed by atoms with Gasteiger partial charge in [-0.2, -0.15) is 0 Å². The molecule has 2 N–H and O–H groups in total. The molecule has 0 bridgehead atoms. The summed E-state index contributed by atoms with van der Waals surface area (Å²) in [7, 11) is 0. The molecule has 1 saturated heterocycles. The lowest BCUT2D eigenvalue weighted by atomic mass is 10.1. The minimum Gasteiger partial charge on any atom is -0.396 e. The van der Waals surface area contributed by atoms with Crippen LogP contribution >= 0.6 is 0 Å². The average molecular weight is 345 g/mol. The van der Waals surface area contributed by atoms with E-state index in [0.29, 0.717) is 19.7 Å². The lowest BCUT2D eigenvalue weighted by Gasteiger charge is -2.37. The number of benzene rings is 1. The number of carbonyl (C=O) groups is 1. The van der Waals surface area contributed by atoms with Crippen LogP contribution < -0.4 is 5.69 Å². The van der Waals surface area contributed by atoms with Crippen molar-refractivity contribution in [2.45, 2.75) is 38.0 Å². The van der Waals surface area contributed by atoms with E-state index in [9.17, 15) is 14.7 Å². The Morgan fingerprint density at radius 2 is 2.16 bits per heavy atom. The number of amides is 1. The number of ether oxygens (including phenoxy) is 1. The molecule has 1 aromatic carbocycles. The number of aromatic amines is 1. The fourth-order valence-corrected chi connectivity index (χ4v) is 4.19. The highest BCUT2D eigenvalue weighted by Crippen LogP contribution is 2.34. The van der Waals surface area contributed by atoms with E-state index >= 15 is 0 Å². The Morgan fingerprint density at radius 3 is 3.00 bits per heavy atom. The van der Waals surface area contributed by atoms with Gasteiger partial charge in [0.15, 0.2) is 0 Å². The molecule has 2 aliphatic rings. The van der Waals surface area contributed by atoms with Crippen molar-refractivity contribution >= 4 is 16.9 Å². The number of fused-ring (bicyclic) bond motifs is 2. The fraction of sp³-hybridized carbons (Fsp3) is 0.556. The highest BCUT2D eigenvalue weighted by atomic mass is 16.5. The van der Waals surface area contributed by atoms with Gasteiger partial charge in [0.1, 0.15) is 0 Å². The number of hydrogen-bond acceptors (Lipinski definition) is 4. The van der Waals surface area contributed by atoms with Gasteiger partial charge in [-0.1, -0.05) is 12.1 Å². The number of carbonyl (C=O) groups excluding carboxylic acids is 1. The molecular formula is C18H23N3O4. The number of imidazole rings is 1. The summed E-state index contributed by atoms with van der Waals surface area (Å²) in [4.78, 5) is 29.6. The number of nitrogens with zero attached hydrogens (tertiary/aromatic N) is 2. The van der Waals surface area contributed by atoms with Crippen molar-refractivity contribution in [3.63, 3.8) is 0 Å². The molecule has 3 atom stereocenters. The van der Waals surface area contributed by atoms with E-state index < -0.39 is 0 Å². The molecule has 0 unspecified atom stereocenters. The first-order chi connectivity index (χ1) is 12.2. The topological polar surface area (TPSA) is 87.6 Å². The number of rotatable bonds is 4. The molecule has 1 aliphatic heterocycles. The maximum absolute atomic E-state index is 12.8. The first-order valence-electron chi connectivity index (χ1n) is 8.87. The predicted octanol–water partition coefficient (Wildman–Crippen LogP) is 0.718. The highest BCUT2D eigenvalue weighted by Gasteiger charge is 2.42. The van der Waals surface area contributed by atoms with Gasteiger partial charge in [0.25, 0.3) is 0 Å². The largest absolute Gasteiger partial charge is 0.396 e. The van der Waals surface area contributed by atoms with Crippen molar-refractivity contribution in [2.24, 2.45) is 5.92 Å². The minimum atomic E-state index is -0.185. The van der Waals surface area contributed by atoms with Crippen LogP contribution in [0.1, 0.15) is 19.3 Å². The van der Waals surface area contributed by atoms with Gasteiger partial charge in [0, 0.05) is 26.1 Å². The summed E-state index contributed by atoms with van der Waals surface area (Å²) >= 11 is 0. The molecule has 0 radical (unpaired) electrons. The molecule has 25 heavy (non-hydrogen) atoms. The second-order valence-corrected chi connectivity index (χ2v) is 6.93. The summed E-state index contributed by atoms with van der Waals surface area (Å²) in [5, 5.41) is 9.40. The number of aromatic nitrogens is 2. The van der Waals surface area contributed by atoms with E-state index in [-0.39, 0.29) is 42.7 Å². The van der Waals surface area contributed by atoms with Crippen molar-refractivity contribution < 1.29 is 14.6 Å². The highest BCUT2D eigenvalue weighted by molar-refractivity contribution is 5.78. The first kappa shape index (κ1) is 16.4. The Balaban J connectivity index is 1.46. The van der Waals surface area contributed by atoms with Gasteiger partial charge in [-0.15, -0.1) is 0 Å². The number of aliphatic hydroxyl groups is 1. The van der Waals surface area contributed by atoms with Crippen LogP contribution in [0, 0.1) is 5.92 Å². The number of H-pyrrole nitrogens is 1. The fourth-order valence-electron chi connectivity index (χ4n) is 4.19. The summed E-state index contributed by atoms with van der Waals surface area (Å²) < 4.78 is 7.40. The zero-order valence-electron chi connectivity index (χ0n) is 14.1. The van der Waals surface area contributed by atoms with Crippen molar-refractivity contribution in [1.29, 1.82) is 0 Å². The third-order valence-electron chi connectivity index (χ3n) is 5.44. The van der Waals surface area contributed by atoms with Crippen molar-refractivity contribution in [2.75, 3.05) is 19.8 Å². The zero-order valence-corrected chi connectivity index (χ0v) is 14.1. The van der Waals surface area contributed by atoms with E-state index in [4.69, 9.17) is 4.74 Å². The molecule has 1 amide bonds. The number of hydrogen-bond donors (Lipinski definition) is 2. The van der Waals surface area contributed by atoms with Gasteiger partial charge in [-0.3, -0.25) is 9.36 Å². The van der Waals surface area contributed by atoms with Crippen LogP contribution in [0.3, 0.4) is 0 Å². The van der Waals surface area contributed by atoms with Crippen molar-refractivity contribution in [3.05, 3.63) is 34.7 Å². The van der Waals surface area contributed by atoms with E-state index in [1.807, 2.05) is 29.2 Å². The Hall–Kier alpha value is -2.12. The lowest BCUT2D eigenvalue weighted by molar-refractivity contribution is -0.144. The monoisotopic (exact) mass is 345 g/mol. The second-order valence-electron chi connectivity index (χ2n) is 6.93. The van der Waals surface area contributed by atoms with E-state index in [1.54, 1.807) is 4.57 Å². The van der Waals surface area contributed by atoms with E-state index in [2.05, 4.69) is 4.98 Å². The molecule has 2 fully saturated rings. The molecule has 1 aromatic heterocycles. The van der Waals surface area contributed by atoms with Gasteiger partial charge in [-0.05, 0) is 30.9 Å². The predicted molar refractivity (Wildman–Crippen MR) is 92.2 cm³/mol. The molecule has 2 aromatic rings. The van der Waals surface area contributed by atoms with Crippen LogP contribution in [0.2, 0.25) is 0 Å². The number of para-hydroxylation sites is 2. The maximum Gasteiger partial charge on any atom is 0.326 e. The smallest absolute Gasteiger partial charge is 0.326 e. The third-order valence-corrected chi connectivity index (χ3v) is 5.44. The van der Waals surface area contributed by atoms with Crippen LogP contribution in [0.25, 0.3) is 11.0 Å². The quantitative estimate of drug-likeness (QED) is 0.855. The summed E-state index contributed by atoms with van der Waals surface area (Å²) in [6.45, 7) is 1.63. The molecule has 0 spiro atoms. The summed E-state index contributed by atoms with van der Waals surface area (Å²) in [6.07, 6.45) is 1.92. The standard InChI is InChI=1S/C18H23N3O4/c22-11-12-9-15-16(10-12)25-8-7-20(15)17(23)5-6-21-14-4-2-1-3-13(14)19-18(21)24/h1-4,12,15-16,22H,5-11H2,(H,19,24)/t12-,15+,16+/m1/s1. The third kappa shape index (κ3) is 2.98. The Bertz CT molecular complexity index is 827. The Morgan fingerprint density at radius 1 is 1.32 bits per heavy atom. The van der Waals surface area contributed by atoms with Gasteiger partial charge in [0.05, 0.1) is 29.8 Å². The van der Waals surface area contributed by atoms with Crippen LogP contribution in [0.15, 0.2) is 29.1 Å². The van der Waals surface area contributed by atoms with Gasteiger partial charge in [0.2, 0.25) is 5.91 Å². The molecule has 1 aliphatic carbocycles. The minimum absolute atomic E-state index is 0.0330. The van der Waals surface area contributed by atoms with Gasteiger partial charge < -0.3 is 19.7 Å². The molecule has 4 rings (SSSR count). The molecule has 2 heterocycles. The van der Waals surface area contributed by atoms with E-state index in [1.165, 1.54) is 0 Å². The summed E-state index contributed by atoms with van der Waals surface area (Å²) in [5.41, 5.74) is 1.42. The SMILES string of the molecule is O=C(CCn1c(=O)[nH]c2ccccc21)N1CCO[C@H]2C[C@H](CO)C[C@@H]21. The number of aryl methyl sites for hydroxylation is 1. The maximum atomic E-state index is 12.8. The molecule has 7 heteroatoms. The Kier molecular flexibility index (Phi) is 4.35. The average Bonchev–Trinajstić information content (AvgIpc) is 3.19. The van der Waals surface area contributed by atoms with Crippen LogP contribution in [0.5, 0.6) is 0 Å². The zero-order chi connectivity index (χ0) is 17.4. The van der Waals surface area contributed by atoms with Crippen LogP contribution in [0.4, 0.5) is 0 Å². The molecule has 134 valence electrons. The summed E-state index contributed by atoms with van der Waals surface area (Å²) in [6, 6.07) is 7.55. The molecular weight excluding hydrogens is 322 g/mol. The first-order valence-corrected chi connectivity index (χ1v) is 8.87. The van der Waals surface area contributed by atoms with Crippen molar-refractivity contribution in [1.82, 2.24) is 14.5 Å². The normalized spacial score (nSPS) is 26.1. The molecule has 7 nitrogen and oxygen atoms in total.